The second-order valence-electron chi connectivity index (χ2n) is 6.73. The molecule has 0 bridgehead atoms. The molecule has 3 rings (SSSR count). The lowest BCUT2D eigenvalue weighted by Crippen LogP contribution is -2.36. The van der Waals surface area contributed by atoms with Gasteiger partial charge in [0.05, 0.1) is 11.1 Å². The van der Waals surface area contributed by atoms with Crippen LogP contribution in [0.2, 0.25) is 9.36 Å². The predicted octanol–water partition coefficient (Wildman–Crippen LogP) is 3.89. The minimum Gasteiger partial charge on any atom is -0.300 e. The first-order valence-corrected chi connectivity index (χ1v) is 12.2. The highest BCUT2D eigenvalue weighted by molar-refractivity contribution is 7.90. The number of hydrogen-bond donors (Lipinski definition) is 1. The Hall–Kier alpha value is -2.27. The number of nitrogens with one attached hydrogen (secondary N) is 1. The lowest BCUT2D eigenvalue weighted by molar-refractivity contribution is -0.119. The average Bonchev–Trinajstić information content (AvgIpc) is 3.06. The highest BCUT2D eigenvalue weighted by atomic mass is 35.5. The van der Waals surface area contributed by atoms with E-state index in [0.29, 0.717) is 9.90 Å². The summed E-state index contributed by atoms with van der Waals surface area (Å²) in [5.41, 5.74) is -0.166. The lowest BCUT2D eigenvalue weighted by Gasteiger charge is -2.22. The van der Waals surface area contributed by atoms with Crippen molar-refractivity contribution >= 4 is 55.4 Å². The van der Waals surface area contributed by atoms with Gasteiger partial charge >= 0.3 is 0 Å². The molecule has 1 aromatic carbocycles. The zero-order chi connectivity index (χ0) is 22.9. The van der Waals surface area contributed by atoms with Crippen molar-refractivity contribution in [2.24, 2.45) is 0 Å². The Morgan fingerprint density at radius 1 is 1.29 bits per heavy atom. The molecule has 164 valence electrons. The molecule has 3 aromatic rings. The highest BCUT2D eigenvalue weighted by Gasteiger charge is 2.26. The summed E-state index contributed by atoms with van der Waals surface area (Å²) >= 11 is 13.0. The van der Waals surface area contributed by atoms with E-state index >= 15 is 0 Å². The fraction of sp³-hybridized carbons (Fsp3) is 0.211. The van der Waals surface area contributed by atoms with Crippen LogP contribution < -0.4 is 10.9 Å². The van der Waals surface area contributed by atoms with Crippen molar-refractivity contribution in [2.45, 2.75) is 24.3 Å². The second-order valence-corrected chi connectivity index (χ2v) is 10.8. The van der Waals surface area contributed by atoms with Crippen molar-refractivity contribution < 1.29 is 17.6 Å². The molecule has 1 amide bonds. The summed E-state index contributed by atoms with van der Waals surface area (Å²) in [5, 5.41) is 3.01. The van der Waals surface area contributed by atoms with Crippen LogP contribution in [0.1, 0.15) is 17.3 Å². The Bertz CT molecular complexity index is 1320. The molecular formula is C19H16Cl2FN3O4S2. The zero-order valence-corrected chi connectivity index (χ0v) is 19.4. The maximum absolute atomic E-state index is 13.8. The molecule has 12 heteroatoms. The number of amides is 1. The van der Waals surface area contributed by atoms with E-state index in [1.165, 1.54) is 37.4 Å². The molecule has 0 radical (unpaired) electrons. The summed E-state index contributed by atoms with van der Waals surface area (Å²) in [6.45, 7) is 1.50. The highest BCUT2D eigenvalue weighted by Crippen LogP contribution is 2.27. The van der Waals surface area contributed by atoms with E-state index in [9.17, 15) is 22.4 Å². The van der Waals surface area contributed by atoms with Gasteiger partial charge in [0.15, 0.2) is 15.0 Å². The molecular weight excluding hydrogens is 488 g/mol. The minimum absolute atomic E-state index is 0.125. The summed E-state index contributed by atoms with van der Waals surface area (Å²) in [4.78, 5) is 29.7. The number of aromatic nitrogens is 2. The largest absolute Gasteiger partial charge is 0.300 e. The first-order chi connectivity index (χ1) is 14.5. The molecule has 1 N–H and O–H groups in total. The smallest absolute Gasteiger partial charge is 0.252 e. The normalized spacial score (nSPS) is 12.5. The number of carbonyl (C=O) groups is 1. The van der Waals surface area contributed by atoms with Gasteiger partial charge in [-0.2, -0.15) is 0 Å². The SMILES string of the molecule is Cc1cc(S(C)(=O)=O)cc(=O)n1C(Cc1cc(F)ccc1Cl)C(=O)Nc1ncc(Cl)s1. The van der Waals surface area contributed by atoms with Crippen molar-refractivity contribution in [3.63, 3.8) is 0 Å². The Morgan fingerprint density at radius 2 is 2.00 bits per heavy atom. The molecule has 31 heavy (non-hydrogen) atoms. The minimum atomic E-state index is -3.64. The van der Waals surface area contributed by atoms with E-state index in [1.807, 2.05) is 0 Å². The number of benzene rings is 1. The summed E-state index contributed by atoms with van der Waals surface area (Å²) in [7, 11) is -3.64. The first-order valence-electron chi connectivity index (χ1n) is 8.75. The van der Waals surface area contributed by atoms with Gasteiger partial charge in [0.25, 0.3) is 5.56 Å². The second kappa shape index (κ2) is 9.07. The number of sulfone groups is 1. The Balaban J connectivity index is 2.10. The third kappa shape index (κ3) is 5.51. The summed E-state index contributed by atoms with van der Waals surface area (Å²) < 4.78 is 39.0. The number of pyridine rings is 1. The summed E-state index contributed by atoms with van der Waals surface area (Å²) in [5.74, 6) is -1.18. The van der Waals surface area contributed by atoms with Crippen LogP contribution in [0.15, 0.2) is 46.2 Å². The van der Waals surface area contributed by atoms with Gasteiger partial charge in [-0.05, 0) is 36.8 Å². The number of aryl methyl sites for hydroxylation is 1. The topological polar surface area (TPSA) is 98.1 Å². The number of hydrogen-bond acceptors (Lipinski definition) is 6. The molecule has 0 saturated carbocycles. The average molecular weight is 504 g/mol. The van der Waals surface area contributed by atoms with Crippen LogP contribution in [-0.4, -0.2) is 30.1 Å². The standard InChI is InChI=1S/C19H16Cl2FN3O4S2/c1-10-5-13(31(2,28)29)8-17(26)25(10)15(7-11-6-12(22)3-4-14(11)20)18(27)24-19-23-9-16(21)30-19/h3-6,8-9,15H,7H2,1-2H3,(H,23,24,27). The molecule has 0 saturated heterocycles. The van der Waals surface area contributed by atoms with Crippen LogP contribution in [0.3, 0.4) is 0 Å². The Labute approximate surface area is 191 Å². The third-order valence-corrected chi connectivity index (χ3v) is 6.90. The van der Waals surface area contributed by atoms with Gasteiger partial charge in [0.1, 0.15) is 16.2 Å². The maximum Gasteiger partial charge on any atom is 0.252 e. The van der Waals surface area contributed by atoms with Gasteiger partial charge in [0, 0.05) is 29.5 Å². The first kappa shape index (κ1) is 23.4. The van der Waals surface area contributed by atoms with E-state index in [2.05, 4.69) is 10.3 Å². The Kier molecular flexibility index (Phi) is 6.85. The van der Waals surface area contributed by atoms with Crippen LogP contribution in [0, 0.1) is 12.7 Å². The van der Waals surface area contributed by atoms with Crippen molar-refractivity contribution in [3.05, 3.63) is 73.3 Å². The van der Waals surface area contributed by atoms with E-state index in [-0.39, 0.29) is 27.2 Å². The summed E-state index contributed by atoms with van der Waals surface area (Å²) in [6, 6.07) is 4.78. The number of anilines is 1. The Morgan fingerprint density at radius 3 is 2.58 bits per heavy atom. The molecule has 0 fully saturated rings. The molecule has 0 spiro atoms. The van der Waals surface area contributed by atoms with E-state index in [0.717, 1.165) is 28.2 Å². The number of nitrogens with zero attached hydrogens (tertiary/aromatic N) is 2. The van der Waals surface area contributed by atoms with Crippen molar-refractivity contribution in [1.29, 1.82) is 0 Å². The van der Waals surface area contributed by atoms with Gasteiger partial charge in [0.2, 0.25) is 5.91 Å². The van der Waals surface area contributed by atoms with E-state index < -0.39 is 33.2 Å². The molecule has 2 aromatic heterocycles. The molecule has 7 nitrogen and oxygen atoms in total. The zero-order valence-electron chi connectivity index (χ0n) is 16.2. The van der Waals surface area contributed by atoms with Gasteiger partial charge < -0.3 is 9.88 Å². The fourth-order valence-electron chi connectivity index (χ4n) is 3.01. The lowest BCUT2D eigenvalue weighted by atomic mass is 10.0. The number of halogens is 3. The van der Waals surface area contributed by atoms with Gasteiger partial charge in [-0.25, -0.2) is 17.8 Å². The van der Waals surface area contributed by atoms with Crippen LogP contribution in [0.25, 0.3) is 0 Å². The van der Waals surface area contributed by atoms with Crippen LogP contribution in [-0.2, 0) is 21.1 Å². The number of thiazole rings is 1. The molecule has 2 heterocycles. The number of carbonyl (C=O) groups excluding carboxylic acids is 1. The third-order valence-electron chi connectivity index (χ3n) is 4.41. The van der Waals surface area contributed by atoms with Gasteiger partial charge in [-0.15, -0.1) is 0 Å². The maximum atomic E-state index is 13.8. The van der Waals surface area contributed by atoms with Crippen LogP contribution in [0.5, 0.6) is 0 Å². The predicted molar refractivity (Wildman–Crippen MR) is 118 cm³/mol. The van der Waals surface area contributed by atoms with Crippen LogP contribution >= 0.6 is 34.5 Å². The van der Waals surface area contributed by atoms with Crippen molar-refractivity contribution in [1.82, 2.24) is 9.55 Å². The van der Waals surface area contributed by atoms with Gasteiger partial charge in [-0.1, -0.05) is 34.5 Å². The molecule has 0 aliphatic rings. The molecule has 1 unspecified atom stereocenters. The quantitative estimate of drug-likeness (QED) is 0.550. The van der Waals surface area contributed by atoms with E-state index in [4.69, 9.17) is 23.2 Å². The number of rotatable bonds is 6. The van der Waals surface area contributed by atoms with Gasteiger partial charge in [-0.3, -0.25) is 9.59 Å². The van der Waals surface area contributed by atoms with Crippen molar-refractivity contribution in [3.8, 4) is 0 Å². The molecule has 0 aliphatic carbocycles. The van der Waals surface area contributed by atoms with Crippen molar-refractivity contribution in [2.75, 3.05) is 11.6 Å². The summed E-state index contributed by atoms with van der Waals surface area (Å²) in [6.07, 6.45) is 2.22. The monoisotopic (exact) mass is 503 g/mol. The fourth-order valence-corrected chi connectivity index (χ4v) is 4.72. The van der Waals surface area contributed by atoms with E-state index in [1.54, 1.807) is 0 Å². The van der Waals surface area contributed by atoms with Crippen LogP contribution in [0.4, 0.5) is 9.52 Å². The molecule has 0 aliphatic heterocycles. The molecule has 1 atom stereocenters.